The summed E-state index contributed by atoms with van der Waals surface area (Å²) >= 11 is 0. The van der Waals surface area contributed by atoms with Gasteiger partial charge in [0.05, 0.1) is 16.9 Å². The van der Waals surface area contributed by atoms with E-state index >= 15 is 0 Å². The number of aryl methyl sites for hydroxylation is 2. The monoisotopic (exact) mass is 748 g/mol. The molecule has 0 saturated carbocycles. The van der Waals surface area contributed by atoms with Crippen molar-refractivity contribution in [2.75, 3.05) is 0 Å². The smallest absolute Gasteiger partial charge is 0.295 e. The Balaban J connectivity index is 0.000000174. The van der Waals surface area contributed by atoms with Crippen molar-refractivity contribution in [3.63, 3.8) is 0 Å². The zero-order valence-electron chi connectivity index (χ0n) is 23.2. The number of pyridine rings is 1. The molecule has 5 aromatic carbocycles. The number of hydrogen-bond donors (Lipinski definition) is 0. The van der Waals surface area contributed by atoms with Crippen LogP contribution in [0.1, 0.15) is 16.7 Å². The SMILES string of the molecule is Cc1cc(C)c2ccc(-c3ccccn3)[c-]c2c1.FC(F)(F)c1ccc2c(ccc3nc(-c4[c-]cccc4)ncc32)c1.[Ir]. The van der Waals surface area contributed by atoms with Crippen LogP contribution in [0.15, 0.2) is 109 Å². The number of hydrogen-bond acceptors (Lipinski definition) is 3. The van der Waals surface area contributed by atoms with E-state index in [9.17, 15) is 13.2 Å². The van der Waals surface area contributed by atoms with Crippen molar-refractivity contribution in [2.45, 2.75) is 20.0 Å². The summed E-state index contributed by atoms with van der Waals surface area (Å²) in [5.41, 5.74) is 5.39. The van der Waals surface area contributed by atoms with Crippen molar-refractivity contribution in [1.82, 2.24) is 15.0 Å². The van der Waals surface area contributed by atoms with E-state index in [1.54, 1.807) is 24.4 Å². The molecular weight excluding hydrogens is 724 g/mol. The molecule has 0 aliphatic heterocycles. The molecule has 0 fully saturated rings. The summed E-state index contributed by atoms with van der Waals surface area (Å²) < 4.78 is 38.5. The Morgan fingerprint density at radius 1 is 0.721 bits per heavy atom. The minimum Gasteiger partial charge on any atom is -0.295 e. The molecule has 2 heterocycles. The van der Waals surface area contributed by atoms with Crippen molar-refractivity contribution >= 4 is 32.4 Å². The minimum atomic E-state index is -4.35. The predicted molar refractivity (Wildman–Crippen MR) is 162 cm³/mol. The standard InChI is InChI=1S/C19H10F3N2.C17H14N.Ir/c20-19(21,22)14-7-8-15-13(10-14)6-9-17-16(15)11-23-18(24-17)12-4-2-1-3-5-12;1-12-9-13(2)16-7-6-14(11-15(16)10-12)17-5-3-4-8-18-17;/h1-4,6-11H;3-10H,1-2H3;/q2*-1;. The number of benzene rings is 5. The van der Waals surface area contributed by atoms with E-state index in [4.69, 9.17) is 0 Å². The van der Waals surface area contributed by atoms with Crippen molar-refractivity contribution < 1.29 is 33.3 Å². The van der Waals surface area contributed by atoms with Crippen LogP contribution in [-0.4, -0.2) is 15.0 Å². The second kappa shape index (κ2) is 12.4. The molecule has 7 heteroatoms. The summed E-state index contributed by atoms with van der Waals surface area (Å²) in [7, 11) is 0. The summed E-state index contributed by atoms with van der Waals surface area (Å²) in [5, 5.41) is 4.36. The molecule has 0 bridgehead atoms. The molecule has 0 aliphatic rings. The fourth-order valence-corrected chi connectivity index (χ4v) is 5.01. The molecule has 7 rings (SSSR count). The number of alkyl halides is 3. The van der Waals surface area contributed by atoms with E-state index < -0.39 is 11.7 Å². The number of aromatic nitrogens is 3. The Hall–Kier alpha value is -4.45. The summed E-state index contributed by atoms with van der Waals surface area (Å²) in [5.74, 6) is 0.536. The maximum atomic E-state index is 12.8. The maximum Gasteiger partial charge on any atom is 0.416 e. The Labute approximate surface area is 260 Å². The maximum absolute atomic E-state index is 12.8. The molecule has 7 aromatic rings. The van der Waals surface area contributed by atoms with Crippen LogP contribution in [0.25, 0.3) is 55.1 Å². The van der Waals surface area contributed by atoms with Crippen LogP contribution in [-0.2, 0) is 26.3 Å². The van der Waals surface area contributed by atoms with Gasteiger partial charge in [0, 0.05) is 43.6 Å². The molecular formula is C36H24F3IrN3-2. The molecule has 2 aromatic heterocycles. The largest absolute Gasteiger partial charge is 0.416 e. The number of nitrogens with zero attached hydrogens (tertiary/aromatic N) is 3. The van der Waals surface area contributed by atoms with Gasteiger partial charge >= 0.3 is 6.18 Å². The van der Waals surface area contributed by atoms with Crippen LogP contribution in [0.5, 0.6) is 0 Å². The summed E-state index contributed by atoms with van der Waals surface area (Å²) in [6, 6.07) is 35.5. The van der Waals surface area contributed by atoms with Gasteiger partial charge in [0.15, 0.2) is 0 Å². The fraction of sp³-hybridized carbons (Fsp3) is 0.0833. The van der Waals surface area contributed by atoms with Crippen molar-refractivity contribution in [2.24, 2.45) is 0 Å². The van der Waals surface area contributed by atoms with E-state index in [0.717, 1.165) is 39.7 Å². The van der Waals surface area contributed by atoms with E-state index in [0.29, 0.717) is 22.1 Å². The van der Waals surface area contributed by atoms with Gasteiger partial charge in [-0.05, 0) is 48.9 Å². The first kappa shape index (κ1) is 30.0. The summed E-state index contributed by atoms with van der Waals surface area (Å²) in [6.45, 7) is 4.26. The van der Waals surface area contributed by atoms with Gasteiger partial charge in [-0.25, -0.2) is 0 Å². The van der Waals surface area contributed by atoms with Gasteiger partial charge in [-0.15, -0.1) is 65.5 Å². The molecule has 0 amide bonds. The van der Waals surface area contributed by atoms with Gasteiger partial charge in [0.25, 0.3) is 0 Å². The second-order valence-corrected chi connectivity index (χ2v) is 10.0. The molecule has 215 valence electrons. The Kier molecular flexibility index (Phi) is 8.67. The third-order valence-electron chi connectivity index (χ3n) is 7.02. The van der Waals surface area contributed by atoms with Crippen LogP contribution in [0.4, 0.5) is 13.2 Å². The van der Waals surface area contributed by atoms with Crippen LogP contribution in [0.3, 0.4) is 0 Å². The van der Waals surface area contributed by atoms with Gasteiger partial charge in [0.1, 0.15) is 0 Å². The van der Waals surface area contributed by atoms with E-state index in [2.05, 4.69) is 65.2 Å². The van der Waals surface area contributed by atoms with E-state index in [1.807, 2.05) is 42.6 Å². The summed E-state index contributed by atoms with van der Waals surface area (Å²) in [4.78, 5) is 13.2. The van der Waals surface area contributed by atoms with Gasteiger partial charge < -0.3 is 0 Å². The van der Waals surface area contributed by atoms with Crippen LogP contribution >= 0.6 is 0 Å². The quantitative estimate of drug-likeness (QED) is 0.131. The number of rotatable bonds is 2. The van der Waals surface area contributed by atoms with Gasteiger partial charge in [0.2, 0.25) is 0 Å². The molecule has 0 unspecified atom stereocenters. The molecule has 0 spiro atoms. The Morgan fingerprint density at radius 2 is 1.53 bits per heavy atom. The van der Waals surface area contributed by atoms with Gasteiger partial charge in [-0.1, -0.05) is 52.4 Å². The van der Waals surface area contributed by atoms with Crippen molar-refractivity contribution in [3.05, 3.63) is 138 Å². The van der Waals surface area contributed by atoms with Crippen LogP contribution < -0.4 is 0 Å². The number of fused-ring (bicyclic) bond motifs is 4. The first-order chi connectivity index (χ1) is 20.3. The van der Waals surface area contributed by atoms with Crippen molar-refractivity contribution in [3.8, 4) is 22.6 Å². The van der Waals surface area contributed by atoms with E-state index in [1.165, 1.54) is 22.6 Å². The fourth-order valence-electron chi connectivity index (χ4n) is 5.01. The minimum absolute atomic E-state index is 0. The Morgan fingerprint density at radius 3 is 2.28 bits per heavy atom. The zero-order chi connectivity index (χ0) is 29.3. The molecule has 0 atom stereocenters. The van der Waals surface area contributed by atoms with Crippen molar-refractivity contribution in [1.29, 1.82) is 0 Å². The molecule has 1 radical (unpaired) electrons. The van der Waals surface area contributed by atoms with E-state index in [-0.39, 0.29) is 20.1 Å². The Bertz CT molecular complexity index is 2040. The van der Waals surface area contributed by atoms with Crippen LogP contribution in [0, 0.1) is 26.0 Å². The average Bonchev–Trinajstić information content (AvgIpc) is 3.01. The molecule has 3 nitrogen and oxygen atoms in total. The third-order valence-corrected chi connectivity index (χ3v) is 7.02. The first-order valence-corrected chi connectivity index (χ1v) is 13.3. The van der Waals surface area contributed by atoms with Gasteiger partial charge in [-0.2, -0.15) is 13.2 Å². The topological polar surface area (TPSA) is 38.7 Å². The zero-order valence-corrected chi connectivity index (χ0v) is 25.6. The van der Waals surface area contributed by atoms with Gasteiger partial charge in [-0.3, -0.25) is 15.0 Å². The molecule has 0 N–H and O–H groups in total. The normalized spacial score (nSPS) is 11.2. The average molecular weight is 748 g/mol. The molecule has 0 saturated heterocycles. The first-order valence-electron chi connectivity index (χ1n) is 13.3. The molecule has 43 heavy (non-hydrogen) atoms. The molecule has 0 aliphatic carbocycles. The second-order valence-electron chi connectivity index (χ2n) is 10.0. The summed E-state index contributed by atoms with van der Waals surface area (Å²) in [6.07, 6.45) is -0.893. The predicted octanol–water partition coefficient (Wildman–Crippen LogP) is 9.59. The third kappa shape index (κ3) is 6.48. The number of halogens is 3. The van der Waals surface area contributed by atoms with Crippen LogP contribution in [0.2, 0.25) is 0 Å².